The molecule has 0 bridgehead atoms. The van der Waals surface area contributed by atoms with Gasteiger partial charge in [0.05, 0.1) is 10.0 Å². The first-order chi connectivity index (χ1) is 9.10. The Morgan fingerprint density at radius 1 is 1.11 bits per heavy atom. The molecule has 1 aromatic heterocycles. The molecule has 3 nitrogen and oxygen atoms in total. The number of nitrogens with one attached hydrogen (secondary N) is 1. The highest BCUT2D eigenvalue weighted by atomic mass is 35.5. The smallest absolute Gasteiger partial charge is 0.161 e. The second-order valence-corrected chi connectivity index (χ2v) is 5.09. The molecular weight excluding hydrogens is 281 g/mol. The van der Waals surface area contributed by atoms with E-state index < -0.39 is 0 Å². The highest BCUT2D eigenvalue weighted by Gasteiger charge is 2.07. The molecule has 0 radical (unpaired) electrons. The van der Waals surface area contributed by atoms with Gasteiger partial charge in [-0.2, -0.15) is 0 Å². The maximum absolute atomic E-state index is 6.02. The summed E-state index contributed by atoms with van der Waals surface area (Å²) in [5.74, 6) is 1.48. The van der Waals surface area contributed by atoms with Crippen LogP contribution >= 0.6 is 23.2 Å². The van der Waals surface area contributed by atoms with Crippen molar-refractivity contribution in [3.8, 4) is 11.4 Å². The van der Waals surface area contributed by atoms with Crippen LogP contribution in [0, 0.1) is 6.92 Å². The van der Waals surface area contributed by atoms with E-state index in [-0.39, 0.29) is 0 Å². The minimum Gasteiger partial charge on any atom is -0.370 e. The molecule has 5 heteroatoms. The summed E-state index contributed by atoms with van der Waals surface area (Å²) in [4.78, 5) is 8.92. The SMILES string of the molecule is CCCNc1cc(C)nc(-c2ccc(Cl)c(Cl)c2)n1. The zero-order valence-electron chi connectivity index (χ0n) is 10.9. The number of anilines is 1. The predicted molar refractivity (Wildman–Crippen MR) is 81.0 cm³/mol. The van der Waals surface area contributed by atoms with Crippen molar-refractivity contribution < 1.29 is 0 Å². The largest absolute Gasteiger partial charge is 0.370 e. The van der Waals surface area contributed by atoms with Gasteiger partial charge in [-0.3, -0.25) is 0 Å². The Morgan fingerprint density at radius 3 is 2.58 bits per heavy atom. The average Bonchev–Trinajstić information content (AvgIpc) is 2.39. The molecule has 0 saturated heterocycles. The van der Waals surface area contributed by atoms with E-state index in [0.717, 1.165) is 30.0 Å². The van der Waals surface area contributed by atoms with Crippen molar-refractivity contribution in [3.05, 3.63) is 40.0 Å². The van der Waals surface area contributed by atoms with E-state index in [2.05, 4.69) is 22.2 Å². The van der Waals surface area contributed by atoms with Crippen molar-refractivity contribution in [2.24, 2.45) is 0 Å². The Morgan fingerprint density at radius 2 is 1.89 bits per heavy atom. The van der Waals surface area contributed by atoms with E-state index in [1.165, 1.54) is 0 Å². The first-order valence-electron chi connectivity index (χ1n) is 6.15. The Bertz CT molecular complexity index is 585. The molecule has 1 aromatic carbocycles. The van der Waals surface area contributed by atoms with Crippen molar-refractivity contribution in [2.75, 3.05) is 11.9 Å². The van der Waals surface area contributed by atoms with E-state index in [1.807, 2.05) is 19.1 Å². The Kier molecular flexibility index (Phi) is 4.61. The van der Waals surface area contributed by atoms with Crippen molar-refractivity contribution >= 4 is 29.0 Å². The number of hydrogen-bond acceptors (Lipinski definition) is 3. The van der Waals surface area contributed by atoms with Gasteiger partial charge in [0, 0.05) is 23.9 Å². The van der Waals surface area contributed by atoms with Crippen LogP contribution in [0.3, 0.4) is 0 Å². The monoisotopic (exact) mass is 295 g/mol. The Hall–Kier alpha value is -1.32. The minimum absolute atomic E-state index is 0.507. The lowest BCUT2D eigenvalue weighted by atomic mass is 10.2. The van der Waals surface area contributed by atoms with Gasteiger partial charge in [-0.05, 0) is 31.5 Å². The maximum Gasteiger partial charge on any atom is 0.161 e. The number of rotatable bonds is 4. The van der Waals surface area contributed by atoms with Crippen LogP contribution in [0.5, 0.6) is 0 Å². The molecule has 0 atom stereocenters. The van der Waals surface area contributed by atoms with Gasteiger partial charge in [0.15, 0.2) is 5.82 Å². The summed E-state index contributed by atoms with van der Waals surface area (Å²) in [6, 6.07) is 7.33. The number of hydrogen-bond donors (Lipinski definition) is 1. The highest BCUT2D eigenvalue weighted by molar-refractivity contribution is 6.42. The quantitative estimate of drug-likeness (QED) is 0.897. The second-order valence-electron chi connectivity index (χ2n) is 4.27. The van der Waals surface area contributed by atoms with Gasteiger partial charge in [-0.15, -0.1) is 0 Å². The van der Waals surface area contributed by atoms with Crippen LogP contribution in [-0.2, 0) is 0 Å². The van der Waals surface area contributed by atoms with E-state index in [9.17, 15) is 0 Å². The van der Waals surface area contributed by atoms with Crippen molar-refractivity contribution in [1.29, 1.82) is 0 Å². The van der Waals surface area contributed by atoms with Crippen LogP contribution in [0.1, 0.15) is 19.0 Å². The molecule has 0 aliphatic heterocycles. The average molecular weight is 296 g/mol. The molecule has 2 rings (SSSR count). The van der Waals surface area contributed by atoms with Crippen LogP contribution in [0.2, 0.25) is 10.0 Å². The first-order valence-corrected chi connectivity index (χ1v) is 6.90. The molecule has 19 heavy (non-hydrogen) atoms. The summed E-state index contributed by atoms with van der Waals surface area (Å²) in [7, 11) is 0. The van der Waals surface area contributed by atoms with Crippen LogP contribution in [0.4, 0.5) is 5.82 Å². The fourth-order valence-electron chi connectivity index (χ4n) is 1.68. The molecule has 0 fully saturated rings. The molecule has 0 spiro atoms. The number of nitrogens with zero attached hydrogens (tertiary/aromatic N) is 2. The van der Waals surface area contributed by atoms with Crippen LogP contribution in [0.25, 0.3) is 11.4 Å². The van der Waals surface area contributed by atoms with E-state index in [0.29, 0.717) is 15.9 Å². The molecular formula is C14H15Cl2N3. The third kappa shape index (κ3) is 3.58. The molecule has 0 amide bonds. The van der Waals surface area contributed by atoms with Gasteiger partial charge in [-0.1, -0.05) is 30.1 Å². The Labute approximate surface area is 123 Å². The third-order valence-corrected chi connectivity index (χ3v) is 3.33. The summed E-state index contributed by atoms with van der Waals surface area (Å²) >= 11 is 11.9. The molecule has 100 valence electrons. The number of benzene rings is 1. The van der Waals surface area contributed by atoms with Crippen LogP contribution in [0.15, 0.2) is 24.3 Å². The predicted octanol–water partition coefficient (Wildman–Crippen LogP) is 4.58. The fourth-order valence-corrected chi connectivity index (χ4v) is 1.97. The number of halogens is 2. The van der Waals surface area contributed by atoms with Crippen LogP contribution < -0.4 is 5.32 Å². The topological polar surface area (TPSA) is 37.8 Å². The lowest BCUT2D eigenvalue weighted by Crippen LogP contribution is -2.04. The van der Waals surface area contributed by atoms with Gasteiger partial charge in [0.2, 0.25) is 0 Å². The minimum atomic E-state index is 0.507. The molecule has 2 aromatic rings. The zero-order chi connectivity index (χ0) is 13.8. The molecule has 0 saturated carbocycles. The molecule has 0 aliphatic rings. The number of aromatic nitrogens is 2. The van der Waals surface area contributed by atoms with Crippen molar-refractivity contribution in [1.82, 2.24) is 9.97 Å². The van der Waals surface area contributed by atoms with Crippen LogP contribution in [-0.4, -0.2) is 16.5 Å². The molecule has 1 N–H and O–H groups in total. The molecule has 1 heterocycles. The summed E-state index contributed by atoms with van der Waals surface area (Å²) in [6.07, 6.45) is 1.05. The van der Waals surface area contributed by atoms with Gasteiger partial charge in [-0.25, -0.2) is 9.97 Å². The van der Waals surface area contributed by atoms with Crippen molar-refractivity contribution in [2.45, 2.75) is 20.3 Å². The third-order valence-electron chi connectivity index (χ3n) is 2.59. The van der Waals surface area contributed by atoms with Crippen molar-refractivity contribution in [3.63, 3.8) is 0 Å². The molecule has 0 unspecified atom stereocenters. The van der Waals surface area contributed by atoms with Gasteiger partial charge in [0.1, 0.15) is 5.82 Å². The maximum atomic E-state index is 6.02. The van der Waals surface area contributed by atoms with Gasteiger partial charge < -0.3 is 5.32 Å². The van der Waals surface area contributed by atoms with E-state index in [1.54, 1.807) is 12.1 Å². The number of aryl methyl sites for hydroxylation is 1. The highest BCUT2D eigenvalue weighted by Crippen LogP contribution is 2.27. The molecule has 0 aliphatic carbocycles. The normalized spacial score (nSPS) is 10.5. The Balaban J connectivity index is 2.37. The van der Waals surface area contributed by atoms with Gasteiger partial charge >= 0.3 is 0 Å². The standard InChI is InChI=1S/C14H15Cl2N3/c1-3-6-17-13-7-9(2)18-14(19-13)10-4-5-11(15)12(16)8-10/h4-5,7-8H,3,6H2,1-2H3,(H,17,18,19). The van der Waals surface area contributed by atoms with Gasteiger partial charge in [0.25, 0.3) is 0 Å². The van der Waals surface area contributed by atoms with E-state index >= 15 is 0 Å². The fraction of sp³-hybridized carbons (Fsp3) is 0.286. The zero-order valence-corrected chi connectivity index (χ0v) is 12.4. The summed E-state index contributed by atoms with van der Waals surface area (Å²) in [5.41, 5.74) is 1.77. The summed E-state index contributed by atoms with van der Waals surface area (Å²) in [6.45, 7) is 4.94. The lowest BCUT2D eigenvalue weighted by Gasteiger charge is -2.08. The summed E-state index contributed by atoms with van der Waals surface area (Å²) < 4.78 is 0. The second kappa shape index (κ2) is 6.22. The van der Waals surface area contributed by atoms with E-state index in [4.69, 9.17) is 23.2 Å². The lowest BCUT2D eigenvalue weighted by molar-refractivity contribution is 0.962. The summed E-state index contributed by atoms with van der Waals surface area (Å²) in [5, 5.41) is 4.30. The first kappa shape index (κ1) is 14.1.